The van der Waals surface area contributed by atoms with Crippen molar-refractivity contribution < 1.29 is 19.1 Å². The van der Waals surface area contributed by atoms with Crippen molar-refractivity contribution in [2.75, 3.05) is 6.61 Å². The van der Waals surface area contributed by atoms with Crippen molar-refractivity contribution in [1.82, 2.24) is 4.98 Å². The van der Waals surface area contributed by atoms with Crippen LogP contribution in [0.15, 0.2) is 42.5 Å². The van der Waals surface area contributed by atoms with Crippen LogP contribution in [0.4, 0.5) is 0 Å². The lowest BCUT2D eigenvalue weighted by molar-refractivity contribution is -0.147. The third kappa shape index (κ3) is 4.44. The van der Waals surface area contributed by atoms with E-state index in [1.54, 1.807) is 24.3 Å². The van der Waals surface area contributed by atoms with Gasteiger partial charge < -0.3 is 9.47 Å². The molecule has 1 heterocycles. The van der Waals surface area contributed by atoms with Crippen molar-refractivity contribution >= 4 is 34.8 Å². The summed E-state index contributed by atoms with van der Waals surface area (Å²) >= 11 is 6.25. The topological polar surface area (TPSA) is 65.5 Å². The quantitative estimate of drug-likeness (QED) is 0.357. The minimum atomic E-state index is -0.522. The van der Waals surface area contributed by atoms with E-state index in [2.05, 4.69) is 4.98 Å². The van der Waals surface area contributed by atoms with Gasteiger partial charge in [0.1, 0.15) is 23.8 Å². The minimum absolute atomic E-state index is 0.0149. The van der Waals surface area contributed by atoms with E-state index in [9.17, 15) is 9.59 Å². The van der Waals surface area contributed by atoms with Gasteiger partial charge in [-0.2, -0.15) is 0 Å². The van der Waals surface area contributed by atoms with Crippen molar-refractivity contribution in [3.05, 3.63) is 69.9 Å². The monoisotopic (exact) mass is 383 g/mol. The molecule has 0 N–H and O–H groups in total. The number of fused-ring (bicyclic) bond motifs is 1. The summed E-state index contributed by atoms with van der Waals surface area (Å²) in [6, 6.07) is 12.3. The summed E-state index contributed by atoms with van der Waals surface area (Å²) in [6.07, 6.45) is 0.738. The molecule has 0 saturated carbocycles. The highest BCUT2D eigenvalue weighted by molar-refractivity contribution is 6.30. The summed E-state index contributed by atoms with van der Waals surface area (Å²) in [5.74, 6) is -0.0421. The van der Waals surface area contributed by atoms with Crippen molar-refractivity contribution in [3.8, 4) is 5.75 Å². The number of rotatable bonds is 6. The van der Waals surface area contributed by atoms with Gasteiger partial charge in [0.15, 0.2) is 6.61 Å². The highest BCUT2D eigenvalue weighted by Gasteiger charge is 2.11. The van der Waals surface area contributed by atoms with Gasteiger partial charge in [-0.25, -0.2) is 9.78 Å². The number of nitrogens with zero attached hydrogens (tertiary/aromatic N) is 1. The fraction of sp³-hybridized carbons (Fsp3) is 0.190. The molecule has 3 aromatic rings. The van der Waals surface area contributed by atoms with Gasteiger partial charge in [-0.3, -0.25) is 4.79 Å². The molecule has 2 aromatic carbocycles. The SMILES string of the molecule is Cc1ccc2cc(COC(=O)COc3ccc(C=O)cc3)c(Cl)nc2c1C. The van der Waals surface area contributed by atoms with Crippen LogP contribution in [0.5, 0.6) is 5.75 Å². The molecular weight excluding hydrogens is 366 g/mol. The summed E-state index contributed by atoms with van der Waals surface area (Å²) in [4.78, 5) is 27.0. The van der Waals surface area contributed by atoms with E-state index in [0.29, 0.717) is 22.0 Å². The second-order valence-corrected chi connectivity index (χ2v) is 6.51. The normalized spacial score (nSPS) is 10.6. The van der Waals surface area contributed by atoms with Gasteiger partial charge in [0, 0.05) is 16.5 Å². The fourth-order valence-electron chi connectivity index (χ4n) is 2.59. The third-order valence-corrected chi connectivity index (χ3v) is 4.63. The lowest BCUT2D eigenvalue weighted by Gasteiger charge is -2.10. The Kier molecular flexibility index (Phi) is 5.72. The smallest absolute Gasteiger partial charge is 0.344 e. The Hall–Kier alpha value is -2.92. The molecule has 0 amide bonds. The van der Waals surface area contributed by atoms with Crippen LogP contribution in [0.2, 0.25) is 5.15 Å². The van der Waals surface area contributed by atoms with Crippen molar-refractivity contribution in [2.24, 2.45) is 0 Å². The van der Waals surface area contributed by atoms with Crippen molar-refractivity contribution in [2.45, 2.75) is 20.5 Å². The van der Waals surface area contributed by atoms with E-state index in [0.717, 1.165) is 28.3 Å². The number of esters is 1. The maximum atomic E-state index is 11.9. The van der Waals surface area contributed by atoms with E-state index in [1.165, 1.54) is 0 Å². The van der Waals surface area contributed by atoms with E-state index in [4.69, 9.17) is 21.1 Å². The number of aldehydes is 1. The van der Waals surface area contributed by atoms with Crippen molar-refractivity contribution in [1.29, 1.82) is 0 Å². The number of benzene rings is 2. The zero-order valence-electron chi connectivity index (χ0n) is 15.0. The van der Waals surface area contributed by atoms with Gasteiger partial charge in [-0.05, 0) is 55.3 Å². The number of carbonyl (C=O) groups excluding carboxylic acids is 2. The first-order valence-electron chi connectivity index (χ1n) is 8.37. The third-order valence-electron chi connectivity index (χ3n) is 4.30. The zero-order valence-corrected chi connectivity index (χ0v) is 15.7. The Balaban J connectivity index is 1.61. The van der Waals surface area contributed by atoms with Gasteiger partial charge in [-0.15, -0.1) is 0 Å². The summed E-state index contributed by atoms with van der Waals surface area (Å²) in [7, 11) is 0. The van der Waals surface area contributed by atoms with Gasteiger partial charge in [-0.1, -0.05) is 23.7 Å². The number of hydrogen-bond donors (Lipinski definition) is 0. The maximum absolute atomic E-state index is 11.9. The average molecular weight is 384 g/mol. The van der Waals surface area contributed by atoms with Gasteiger partial charge in [0.2, 0.25) is 0 Å². The number of aromatic nitrogens is 1. The Morgan fingerprint density at radius 1 is 1.15 bits per heavy atom. The highest BCUT2D eigenvalue weighted by Crippen LogP contribution is 2.25. The van der Waals surface area contributed by atoms with Crippen LogP contribution in [0.1, 0.15) is 27.0 Å². The van der Waals surface area contributed by atoms with Crippen LogP contribution in [-0.2, 0) is 16.1 Å². The number of hydrogen-bond acceptors (Lipinski definition) is 5. The molecular formula is C21H18ClNO4. The average Bonchev–Trinajstić information content (AvgIpc) is 2.68. The molecule has 0 fully saturated rings. The fourth-order valence-corrected chi connectivity index (χ4v) is 2.78. The Morgan fingerprint density at radius 2 is 1.89 bits per heavy atom. The summed E-state index contributed by atoms with van der Waals surface area (Å²) in [5, 5.41) is 1.26. The predicted molar refractivity (Wildman–Crippen MR) is 103 cm³/mol. The predicted octanol–water partition coefficient (Wildman–Crippen LogP) is 4.44. The number of pyridine rings is 1. The van der Waals surface area contributed by atoms with Crippen molar-refractivity contribution in [3.63, 3.8) is 0 Å². The van der Waals surface area contributed by atoms with E-state index in [-0.39, 0.29) is 13.2 Å². The number of aryl methyl sites for hydroxylation is 2. The Bertz CT molecular complexity index is 999. The number of halogens is 1. The molecule has 0 unspecified atom stereocenters. The molecule has 1 aromatic heterocycles. The molecule has 0 aliphatic carbocycles. The first-order chi connectivity index (χ1) is 13.0. The molecule has 0 saturated heterocycles. The van der Waals surface area contributed by atoms with Crippen LogP contribution in [0.25, 0.3) is 10.9 Å². The molecule has 6 heteroatoms. The second kappa shape index (κ2) is 8.18. The van der Waals surface area contributed by atoms with E-state index < -0.39 is 5.97 Å². The molecule has 138 valence electrons. The molecule has 27 heavy (non-hydrogen) atoms. The van der Waals surface area contributed by atoms with E-state index in [1.807, 2.05) is 32.0 Å². The summed E-state index contributed by atoms with van der Waals surface area (Å²) in [5.41, 5.74) is 4.23. The molecule has 0 bridgehead atoms. The molecule has 0 atom stereocenters. The molecule has 0 aliphatic rings. The summed E-state index contributed by atoms with van der Waals surface area (Å²) in [6.45, 7) is 3.80. The minimum Gasteiger partial charge on any atom is -0.482 e. The van der Waals surface area contributed by atoms with E-state index >= 15 is 0 Å². The first-order valence-corrected chi connectivity index (χ1v) is 8.74. The lowest BCUT2D eigenvalue weighted by atomic mass is 10.0. The molecule has 0 radical (unpaired) electrons. The Morgan fingerprint density at radius 3 is 2.59 bits per heavy atom. The molecule has 5 nitrogen and oxygen atoms in total. The van der Waals surface area contributed by atoms with Gasteiger partial charge in [0.05, 0.1) is 5.52 Å². The molecule has 3 rings (SSSR count). The summed E-state index contributed by atoms with van der Waals surface area (Å²) < 4.78 is 10.6. The standard InChI is InChI=1S/C21H18ClNO4/c1-13-3-6-16-9-17(21(22)23-20(16)14(13)2)11-27-19(25)12-26-18-7-4-15(10-24)5-8-18/h3-10H,11-12H2,1-2H3. The Labute approximate surface area is 161 Å². The van der Waals surface area contributed by atoms with Gasteiger partial charge >= 0.3 is 5.97 Å². The van der Waals surface area contributed by atoms with Crippen LogP contribution < -0.4 is 4.74 Å². The highest BCUT2D eigenvalue weighted by atomic mass is 35.5. The largest absolute Gasteiger partial charge is 0.482 e. The van der Waals surface area contributed by atoms with Crippen LogP contribution in [0, 0.1) is 13.8 Å². The molecule has 0 aliphatic heterocycles. The first kappa shape index (κ1) is 18.9. The maximum Gasteiger partial charge on any atom is 0.344 e. The molecule has 0 spiro atoms. The van der Waals surface area contributed by atoms with Crippen LogP contribution >= 0.6 is 11.6 Å². The lowest BCUT2D eigenvalue weighted by Crippen LogP contribution is -2.15. The number of carbonyl (C=O) groups is 2. The zero-order chi connectivity index (χ0) is 19.4. The number of ether oxygens (including phenoxy) is 2. The van der Waals surface area contributed by atoms with Crippen LogP contribution in [-0.4, -0.2) is 23.8 Å². The van der Waals surface area contributed by atoms with Gasteiger partial charge in [0.25, 0.3) is 0 Å². The van der Waals surface area contributed by atoms with Crippen LogP contribution in [0.3, 0.4) is 0 Å². The second-order valence-electron chi connectivity index (χ2n) is 6.15.